The smallest absolute Gasteiger partial charge is 0.325 e. The molecule has 2 heterocycles. The van der Waals surface area contributed by atoms with E-state index in [0.29, 0.717) is 30.0 Å². The zero-order valence-electron chi connectivity index (χ0n) is 15.3. The van der Waals surface area contributed by atoms with Crippen LogP contribution in [0.25, 0.3) is 0 Å². The predicted octanol–water partition coefficient (Wildman–Crippen LogP) is 2.24. The van der Waals surface area contributed by atoms with Crippen LogP contribution in [-0.2, 0) is 9.59 Å². The van der Waals surface area contributed by atoms with E-state index < -0.39 is 23.3 Å². The van der Waals surface area contributed by atoms with Crippen LogP contribution in [0.15, 0.2) is 18.2 Å². The molecule has 1 fully saturated rings. The zero-order valence-corrected chi connectivity index (χ0v) is 15.3. The minimum Gasteiger partial charge on any atom is -0.449 e. The molecule has 0 unspecified atom stereocenters. The number of nitrogens with zero attached hydrogens (tertiary/aromatic N) is 1. The van der Waals surface area contributed by atoms with Gasteiger partial charge in [0.2, 0.25) is 11.7 Å². The van der Waals surface area contributed by atoms with Gasteiger partial charge in [-0.2, -0.15) is 0 Å². The van der Waals surface area contributed by atoms with Gasteiger partial charge in [-0.25, -0.2) is 4.79 Å². The van der Waals surface area contributed by atoms with Gasteiger partial charge in [0, 0.05) is 25.6 Å². The minimum atomic E-state index is -0.915. The number of nitrogens with one attached hydrogen (secondary N) is 2. The van der Waals surface area contributed by atoms with Crippen LogP contribution in [0.1, 0.15) is 40.5 Å². The Hall–Kier alpha value is -2.77. The number of urea groups is 1. The van der Waals surface area contributed by atoms with E-state index in [1.807, 2.05) is 13.8 Å². The first kappa shape index (κ1) is 18.0. The van der Waals surface area contributed by atoms with Crippen LogP contribution in [0.3, 0.4) is 0 Å². The van der Waals surface area contributed by atoms with Crippen molar-refractivity contribution >= 4 is 23.5 Å². The number of fused-ring (bicyclic) bond motifs is 1. The average Bonchev–Trinajstić information content (AvgIpc) is 3.01. The molecule has 2 aliphatic heterocycles. The van der Waals surface area contributed by atoms with Crippen molar-refractivity contribution in [3.05, 3.63) is 18.2 Å². The van der Waals surface area contributed by atoms with Crippen molar-refractivity contribution in [2.24, 2.45) is 0 Å². The molecule has 2 aliphatic rings. The Kier molecular flexibility index (Phi) is 4.29. The number of carbonyl (C=O) groups is 3. The lowest BCUT2D eigenvalue weighted by Gasteiger charge is -2.23. The van der Waals surface area contributed by atoms with Gasteiger partial charge in [-0.1, -0.05) is 13.8 Å². The molecule has 8 heteroatoms. The van der Waals surface area contributed by atoms with E-state index in [9.17, 15) is 14.4 Å². The molecule has 0 bridgehead atoms. The first-order chi connectivity index (χ1) is 12.2. The summed E-state index contributed by atoms with van der Waals surface area (Å²) in [5.74, 6) is -0.462. The number of imide groups is 1. The second-order valence-electron chi connectivity index (χ2n) is 6.92. The topological polar surface area (TPSA) is 97.0 Å². The second-order valence-corrected chi connectivity index (χ2v) is 6.92. The van der Waals surface area contributed by atoms with Gasteiger partial charge in [0.25, 0.3) is 5.91 Å². The summed E-state index contributed by atoms with van der Waals surface area (Å²) in [5.41, 5.74) is -0.416. The molecule has 1 aromatic carbocycles. The van der Waals surface area contributed by atoms with Gasteiger partial charge in [0.15, 0.2) is 11.5 Å². The fraction of sp³-hybridized carbons (Fsp3) is 0.500. The zero-order chi connectivity index (χ0) is 19.1. The fourth-order valence-corrected chi connectivity index (χ4v) is 3.19. The summed E-state index contributed by atoms with van der Waals surface area (Å²) in [7, 11) is 0. The highest BCUT2D eigenvalue weighted by Gasteiger charge is 2.49. The fourth-order valence-electron chi connectivity index (χ4n) is 3.19. The van der Waals surface area contributed by atoms with Crippen LogP contribution in [0.4, 0.5) is 10.5 Å². The van der Waals surface area contributed by atoms with E-state index in [0.717, 1.165) is 4.90 Å². The van der Waals surface area contributed by atoms with E-state index in [4.69, 9.17) is 9.47 Å². The third kappa shape index (κ3) is 3.07. The molecule has 0 spiro atoms. The number of ether oxygens (including phenoxy) is 2. The molecule has 0 atom stereocenters. The average molecular weight is 361 g/mol. The lowest BCUT2D eigenvalue weighted by atomic mass is 9.93. The summed E-state index contributed by atoms with van der Waals surface area (Å²) in [5, 5.41) is 5.38. The number of anilines is 1. The largest absolute Gasteiger partial charge is 0.449 e. The van der Waals surface area contributed by atoms with Crippen molar-refractivity contribution in [2.45, 2.75) is 51.9 Å². The van der Waals surface area contributed by atoms with E-state index in [1.54, 1.807) is 32.0 Å². The van der Waals surface area contributed by atoms with Gasteiger partial charge in [-0.05, 0) is 25.0 Å². The number of amides is 4. The molecule has 0 aromatic heterocycles. The molecule has 1 saturated heterocycles. The van der Waals surface area contributed by atoms with E-state index in [-0.39, 0.29) is 12.5 Å². The lowest BCUT2D eigenvalue weighted by molar-refractivity contribution is -0.134. The van der Waals surface area contributed by atoms with Gasteiger partial charge in [-0.3, -0.25) is 14.5 Å². The van der Waals surface area contributed by atoms with E-state index >= 15 is 0 Å². The van der Waals surface area contributed by atoms with Crippen molar-refractivity contribution in [3.63, 3.8) is 0 Å². The summed E-state index contributed by atoms with van der Waals surface area (Å²) < 4.78 is 11.2. The Labute approximate surface area is 151 Å². The van der Waals surface area contributed by atoms with Crippen LogP contribution >= 0.6 is 0 Å². The number of hydrogen-bond donors (Lipinski definition) is 2. The molecule has 1 aromatic rings. The number of benzene rings is 1. The highest BCUT2D eigenvalue weighted by atomic mass is 16.7. The maximum absolute atomic E-state index is 12.5. The first-order valence-electron chi connectivity index (χ1n) is 8.66. The van der Waals surface area contributed by atoms with Crippen LogP contribution in [0, 0.1) is 0 Å². The molecule has 8 nitrogen and oxygen atoms in total. The van der Waals surface area contributed by atoms with Crippen LogP contribution < -0.4 is 20.1 Å². The summed E-state index contributed by atoms with van der Waals surface area (Å²) in [6.45, 7) is 6.90. The Morgan fingerprint density at radius 3 is 2.42 bits per heavy atom. The SMILES string of the molecule is CCC1(CC)NC(=O)N(CC(=O)Nc2ccc3c(c2)OC(C)(C)O3)C1=O. The second kappa shape index (κ2) is 6.19. The number of rotatable bonds is 5. The summed E-state index contributed by atoms with van der Waals surface area (Å²) in [4.78, 5) is 37.9. The standard InChI is InChI=1S/C18H23N3O5/c1-5-18(6-2)15(23)21(16(24)20-18)10-14(22)19-11-7-8-12-13(9-11)26-17(3,4)25-12/h7-9H,5-6,10H2,1-4H3,(H,19,22)(H,20,24). The molecule has 2 N–H and O–H groups in total. The van der Waals surface area contributed by atoms with Gasteiger partial charge >= 0.3 is 6.03 Å². The Bertz CT molecular complexity index is 770. The Morgan fingerprint density at radius 2 is 1.81 bits per heavy atom. The van der Waals surface area contributed by atoms with Gasteiger partial charge < -0.3 is 20.1 Å². The van der Waals surface area contributed by atoms with Crippen molar-refractivity contribution in [3.8, 4) is 11.5 Å². The molecule has 0 aliphatic carbocycles. The van der Waals surface area contributed by atoms with Gasteiger partial charge in [0.1, 0.15) is 12.1 Å². The van der Waals surface area contributed by atoms with Crippen molar-refractivity contribution in [2.75, 3.05) is 11.9 Å². The summed E-state index contributed by atoms with van der Waals surface area (Å²) >= 11 is 0. The summed E-state index contributed by atoms with van der Waals surface area (Å²) in [6, 6.07) is 4.49. The number of hydrogen-bond acceptors (Lipinski definition) is 5. The molecular formula is C18H23N3O5. The van der Waals surface area contributed by atoms with Gasteiger partial charge in [-0.15, -0.1) is 0 Å². The summed E-state index contributed by atoms with van der Waals surface area (Å²) in [6.07, 6.45) is 0.953. The van der Waals surface area contributed by atoms with Crippen LogP contribution in [0.5, 0.6) is 11.5 Å². The van der Waals surface area contributed by atoms with Crippen LogP contribution in [0.2, 0.25) is 0 Å². The maximum atomic E-state index is 12.5. The van der Waals surface area contributed by atoms with Crippen LogP contribution in [-0.4, -0.2) is 40.6 Å². The Morgan fingerprint density at radius 1 is 1.15 bits per heavy atom. The highest BCUT2D eigenvalue weighted by molar-refractivity contribution is 6.10. The predicted molar refractivity (Wildman–Crippen MR) is 94.0 cm³/mol. The third-order valence-corrected chi connectivity index (χ3v) is 4.69. The highest BCUT2D eigenvalue weighted by Crippen LogP contribution is 2.40. The van der Waals surface area contributed by atoms with Crippen molar-refractivity contribution in [1.29, 1.82) is 0 Å². The van der Waals surface area contributed by atoms with Crippen molar-refractivity contribution in [1.82, 2.24) is 10.2 Å². The molecule has 0 radical (unpaired) electrons. The van der Waals surface area contributed by atoms with Gasteiger partial charge in [0.05, 0.1) is 0 Å². The first-order valence-corrected chi connectivity index (χ1v) is 8.66. The van der Waals surface area contributed by atoms with E-state index in [1.165, 1.54) is 0 Å². The lowest BCUT2D eigenvalue weighted by Crippen LogP contribution is -2.46. The molecule has 4 amide bonds. The number of carbonyl (C=O) groups excluding carboxylic acids is 3. The molecule has 3 rings (SSSR count). The normalized spacial score (nSPS) is 19.5. The Balaban J connectivity index is 1.67. The molecule has 0 saturated carbocycles. The molecular weight excluding hydrogens is 338 g/mol. The molecule has 140 valence electrons. The maximum Gasteiger partial charge on any atom is 0.325 e. The monoisotopic (exact) mass is 361 g/mol. The minimum absolute atomic E-state index is 0.341. The quantitative estimate of drug-likeness (QED) is 0.784. The van der Waals surface area contributed by atoms with Crippen molar-refractivity contribution < 1.29 is 23.9 Å². The van der Waals surface area contributed by atoms with E-state index in [2.05, 4.69) is 10.6 Å². The third-order valence-electron chi connectivity index (χ3n) is 4.69. The molecule has 26 heavy (non-hydrogen) atoms.